The van der Waals surface area contributed by atoms with Crippen LogP contribution in [0.3, 0.4) is 0 Å². The number of carboxylic acid groups (broad SMARTS) is 1. The predicted molar refractivity (Wildman–Crippen MR) is 93.5 cm³/mol. The van der Waals surface area contributed by atoms with Gasteiger partial charge in [-0.05, 0) is 24.3 Å². The first-order chi connectivity index (χ1) is 12.1. The van der Waals surface area contributed by atoms with Gasteiger partial charge in [-0.25, -0.2) is 4.79 Å². The number of nitrogens with zero attached hydrogens (tertiary/aromatic N) is 1. The van der Waals surface area contributed by atoms with Gasteiger partial charge in [0.25, 0.3) is 5.91 Å². The molecule has 132 valence electrons. The maximum atomic E-state index is 12.2. The van der Waals surface area contributed by atoms with Crippen molar-refractivity contribution >= 4 is 23.2 Å². The van der Waals surface area contributed by atoms with Gasteiger partial charge in [0.15, 0.2) is 0 Å². The minimum absolute atomic E-state index is 0.0413. The molecule has 0 bridgehead atoms. The fourth-order valence-corrected chi connectivity index (χ4v) is 3.26. The molecule has 2 aromatic rings. The zero-order chi connectivity index (χ0) is 17.6. The van der Waals surface area contributed by atoms with E-state index in [2.05, 4.69) is 0 Å². The molecule has 1 N–H and O–H groups in total. The zero-order valence-electron chi connectivity index (χ0n) is 13.6. The van der Waals surface area contributed by atoms with Crippen molar-refractivity contribution in [1.29, 1.82) is 0 Å². The van der Waals surface area contributed by atoms with Crippen molar-refractivity contribution in [2.45, 2.75) is 12.5 Å². The largest absolute Gasteiger partial charge is 0.494 e. The molecule has 1 aliphatic rings. The van der Waals surface area contributed by atoms with Gasteiger partial charge in [0.05, 0.1) is 24.2 Å². The van der Waals surface area contributed by atoms with Crippen LogP contribution in [0.2, 0.25) is 0 Å². The van der Waals surface area contributed by atoms with Crippen LogP contribution in [0.4, 0.5) is 0 Å². The Morgan fingerprint density at radius 3 is 2.48 bits per heavy atom. The van der Waals surface area contributed by atoms with E-state index in [1.54, 1.807) is 11.0 Å². The summed E-state index contributed by atoms with van der Waals surface area (Å²) in [6.45, 7) is 2.26. The maximum absolute atomic E-state index is 12.2. The van der Waals surface area contributed by atoms with E-state index in [0.717, 1.165) is 23.5 Å². The van der Waals surface area contributed by atoms with Gasteiger partial charge in [-0.2, -0.15) is 0 Å². The van der Waals surface area contributed by atoms with Crippen LogP contribution in [0.1, 0.15) is 25.8 Å². The standard InChI is InChI=1S/C18H19NO5S/c20-17(15-7-8-16(25-15)18(21)22)19-11-14(12-19)24-10-4-9-23-13-5-2-1-3-6-13/h1-3,5-8,14H,4,9-12H2,(H,21,22). The fraction of sp³-hybridized carbons (Fsp3) is 0.333. The normalized spacial score (nSPS) is 14.2. The molecular formula is C18H19NO5S. The number of hydrogen-bond donors (Lipinski definition) is 1. The number of thiophene rings is 1. The van der Waals surface area contributed by atoms with Gasteiger partial charge in [0, 0.05) is 19.5 Å². The lowest BCUT2D eigenvalue weighted by Gasteiger charge is -2.38. The second-order valence-electron chi connectivity index (χ2n) is 5.69. The molecule has 6 nitrogen and oxygen atoms in total. The molecule has 1 aromatic heterocycles. The first kappa shape index (κ1) is 17.4. The maximum Gasteiger partial charge on any atom is 0.345 e. The van der Waals surface area contributed by atoms with E-state index >= 15 is 0 Å². The molecule has 0 radical (unpaired) electrons. The second kappa shape index (κ2) is 8.13. The molecule has 0 unspecified atom stereocenters. The highest BCUT2D eigenvalue weighted by Crippen LogP contribution is 2.22. The van der Waals surface area contributed by atoms with E-state index in [1.807, 2.05) is 30.3 Å². The Morgan fingerprint density at radius 2 is 1.80 bits per heavy atom. The highest BCUT2D eigenvalue weighted by atomic mass is 32.1. The summed E-state index contributed by atoms with van der Waals surface area (Å²) in [7, 11) is 0. The molecule has 1 aliphatic heterocycles. The lowest BCUT2D eigenvalue weighted by atomic mass is 10.1. The minimum atomic E-state index is -1.01. The number of carbonyl (C=O) groups excluding carboxylic acids is 1. The Balaban J connectivity index is 1.31. The summed E-state index contributed by atoms with van der Waals surface area (Å²) in [6, 6.07) is 12.6. The Kier molecular flexibility index (Phi) is 5.67. The summed E-state index contributed by atoms with van der Waals surface area (Å²) < 4.78 is 11.3. The van der Waals surface area contributed by atoms with Crippen molar-refractivity contribution in [3.63, 3.8) is 0 Å². The van der Waals surface area contributed by atoms with Gasteiger partial charge >= 0.3 is 5.97 Å². The molecule has 2 heterocycles. The molecular weight excluding hydrogens is 342 g/mol. The van der Waals surface area contributed by atoms with E-state index in [-0.39, 0.29) is 16.9 Å². The third-order valence-electron chi connectivity index (χ3n) is 3.82. The SMILES string of the molecule is O=C(O)c1ccc(C(=O)N2CC(OCCCOc3ccccc3)C2)s1. The van der Waals surface area contributed by atoms with Gasteiger partial charge in [-0.3, -0.25) is 4.79 Å². The molecule has 7 heteroatoms. The number of carbonyl (C=O) groups is 2. The third-order valence-corrected chi connectivity index (χ3v) is 4.88. The summed E-state index contributed by atoms with van der Waals surface area (Å²) in [5.74, 6) is -0.295. The van der Waals surface area contributed by atoms with Crippen LogP contribution >= 0.6 is 11.3 Å². The number of amides is 1. The van der Waals surface area contributed by atoms with Crippen molar-refractivity contribution in [1.82, 2.24) is 4.90 Å². The van der Waals surface area contributed by atoms with Crippen LogP contribution in [-0.4, -0.2) is 54.3 Å². The zero-order valence-corrected chi connectivity index (χ0v) is 14.4. The molecule has 0 atom stereocenters. The number of benzene rings is 1. The molecule has 1 fully saturated rings. The van der Waals surface area contributed by atoms with Crippen molar-refractivity contribution in [3.8, 4) is 5.75 Å². The molecule has 3 rings (SSSR count). The monoisotopic (exact) mass is 361 g/mol. The Hall–Kier alpha value is -2.38. The summed E-state index contributed by atoms with van der Waals surface area (Å²) >= 11 is 1.00. The molecule has 1 aromatic carbocycles. The molecule has 0 spiro atoms. The smallest absolute Gasteiger partial charge is 0.345 e. The van der Waals surface area contributed by atoms with Crippen LogP contribution in [0.15, 0.2) is 42.5 Å². The highest BCUT2D eigenvalue weighted by Gasteiger charge is 2.32. The van der Waals surface area contributed by atoms with E-state index in [0.29, 0.717) is 31.2 Å². The van der Waals surface area contributed by atoms with Gasteiger partial charge in [0.1, 0.15) is 10.6 Å². The van der Waals surface area contributed by atoms with E-state index in [9.17, 15) is 9.59 Å². The van der Waals surface area contributed by atoms with Crippen molar-refractivity contribution in [2.24, 2.45) is 0 Å². The summed E-state index contributed by atoms with van der Waals surface area (Å²) in [5, 5.41) is 8.90. The summed E-state index contributed by atoms with van der Waals surface area (Å²) in [6.07, 6.45) is 0.825. The average molecular weight is 361 g/mol. The van der Waals surface area contributed by atoms with Crippen molar-refractivity contribution < 1.29 is 24.2 Å². The Bertz CT molecular complexity index is 724. The highest BCUT2D eigenvalue weighted by molar-refractivity contribution is 7.15. The number of para-hydroxylation sites is 1. The first-order valence-electron chi connectivity index (χ1n) is 8.05. The number of ether oxygens (including phenoxy) is 2. The van der Waals surface area contributed by atoms with Crippen molar-refractivity contribution in [2.75, 3.05) is 26.3 Å². The number of likely N-dealkylation sites (tertiary alicyclic amines) is 1. The van der Waals surface area contributed by atoms with E-state index in [1.165, 1.54) is 6.07 Å². The lowest BCUT2D eigenvalue weighted by molar-refractivity contribution is -0.0447. The molecule has 25 heavy (non-hydrogen) atoms. The predicted octanol–water partition coefficient (Wildman–Crippen LogP) is 2.76. The summed E-state index contributed by atoms with van der Waals surface area (Å²) in [4.78, 5) is 25.4. The van der Waals surface area contributed by atoms with E-state index in [4.69, 9.17) is 14.6 Å². The van der Waals surface area contributed by atoms with Crippen molar-refractivity contribution in [3.05, 3.63) is 52.2 Å². The number of carboxylic acids is 1. The topological polar surface area (TPSA) is 76.1 Å². The molecule has 0 saturated carbocycles. The van der Waals surface area contributed by atoms with Crippen LogP contribution in [0.25, 0.3) is 0 Å². The molecule has 1 amide bonds. The Labute approximate surface area is 149 Å². The quantitative estimate of drug-likeness (QED) is 0.732. The van der Waals surface area contributed by atoms with Crippen LogP contribution in [0.5, 0.6) is 5.75 Å². The Morgan fingerprint density at radius 1 is 1.08 bits per heavy atom. The first-order valence-corrected chi connectivity index (χ1v) is 8.87. The summed E-state index contributed by atoms with van der Waals surface area (Å²) in [5.41, 5.74) is 0. The molecule has 0 aliphatic carbocycles. The van der Waals surface area contributed by atoms with Gasteiger partial charge in [0.2, 0.25) is 0 Å². The minimum Gasteiger partial charge on any atom is -0.494 e. The van der Waals surface area contributed by atoms with Gasteiger partial charge in [-0.1, -0.05) is 18.2 Å². The fourth-order valence-electron chi connectivity index (χ4n) is 2.45. The van der Waals surface area contributed by atoms with Crippen LogP contribution in [-0.2, 0) is 4.74 Å². The van der Waals surface area contributed by atoms with Gasteiger partial charge in [-0.15, -0.1) is 11.3 Å². The average Bonchev–Trinajstić information content (AvgIpc) is 3.07. The number of hydrogen-bond acceptors (Lipinski definition) is 5. The third kappa shape index (κ3) is 4.58. The molecule has 1 saturated heterocycles. The number of rotatable bonds is 8. The second-order valence-corrected chi connectivity index (χ2v) is 6.77. The van der Waals surface area contributed by atoms with E-state index < -0.39 is 5.97 Å². The van der Waals surface area contributed by atoms with Crippen LogP contribution < -0.4 is 4.74 Å². The number of aromatic carboxylic acids is 1. The van der Waals surface area contributed by atoms with Crippen LogP contribution in [0, 0.1) is 0 Å². The lowest BCUT2D eigenvalue weighted by Crippen LogP contribution is -2.54. The van der Waals surface area contributed by atoms with Gasteiger partial charge < -0.3 is 19.5 Å².